The molecule has 20 heavy (non-hydrogen) atoms. The predicted molar refractivity (Wildman–Crippen MR) is 81.9 cm³/mol. The molecule has 4 nitrogen and oxygen atoms in total. The number of rotatable bonds is 3. The third kappa shape index (κ3) is 5.13. The molecule has 0 spiro atoms. The summed E-state index contributed by atoms with van der Waals surface area (Å²) in [6.07, 6.45) is -0.892. The molecule has 6 heteroatoms. The number of hydrogen-bond donors (Lipinski definition) is 1. The van der Waals surface area contributed by atoms with Crippen molar-refractivity contribution in [1.82, 2.24) is 5.32 Å². The molecule has 1 amide bonds. The second-order valence-electron chi connectivity index (χ2n) is 5.41. The van der Waals surface area contributed by atoms with E-state index in [1.54, 1.807) is 18.2 Å². The lowest BCUT2D eigenvalue weighted by Crippen LogP contribution is -2.46. The molecule has 0 aliphatic carbocycles. The third-order valence-electron chi connectivity index (χ3n) is 2.30. The first kappa shape index (κ1) is 17.0. The maximum absolute atomic E-state index is 12.0. The van der Waals surface area contributed by atoms with E-state index in [0.717, 1.165) is 0 Å². The topological polar surface area (TPSA) is 55.4 Å². The van der Waals surface area contributed by atoms with Gasteiger partial charge >= 0.3 is 5.97 Å². The van der Waals surface area contributed by atoms with Gasteiger partial charge in [-0.3, -0.25) is 4.79 Å². The van der Waals surface area contributed by atoms with Gasteiger partial charge in [0.15, 0.2) is 6.10 Å². The summed E-state index contributed by atoms with van der Waals surface area (Å²) in [4.78, 5) is 23.8. The van der Waals surface area contributed by atoms with Crippen LogP contribution < -0.4 is 5.32 Å². The van der Waals surface area contributed by atoms with E-state index in [0.29, 0.717) is 4.47 Å². The number of benzene rings is 1. The minimum absolute atomic E-state index is 0.219. The highest BCUT2D eigenvalue weighted by molar-refractivity contribution is 9.10. The minimum atomic E-state index is -0.892. The average molecular weight is 363 g/mol. The Hall–Kier alpha value is -1.07. The Morgan fingerprint density at radius 1 is 1.35 bits per heavy atom. The van der Waals surface area contributed by atoms with E-state index in [9.17, 15) is 9.59 Å². The first-order chi connectivity index (χ1) is 9.10. The van der Waals surface area contributed by atoms with Gasteiger partial charge < -0.3 is 10.1 Å². The van der Waals surface area contributed by atoms with Crippen LogP contribution in [0, 0.1) is 0 Å². The van der Waals surface area contributed by atoms with Gasteiger partial charge in [0.25, 0.3) is 5.91 Å². The zero-order valence-corrected chi connectivity index (χ0v) is 14.1. The Morgan fingerprint density at radius 2 is 1.95 bits per heavy atom. The lowest BCUT2D eigenvalue weighted by molar-refractivity contribution is -0.130. The predicted octanol–water partition coefficient (Wildman–Crippen LogP) is 3.56. The Kier molecular flexibility index (Phi) is 5.59. The van der Waals surface area contributed by atoms with Gasteiger partial charge in [-0.05, 0) is 45.9 Å². The number of ether oxygens (including phenoxy) is 1. The minimum Gasteiger partial charge on any atom is -0.449 e. The van der Waals surface area contributed by atoms with Crippen LogP contribution in [0.5, 0.6) is 0 Å². The summed E-state index contributed by atoms with van der Waals surface area (Å²) in [6, 6.07) is 4.86. The molecular formula is C14H17BrClNO3. The van der Waals surface area contributed by atoms with Crippen LogP contribution in [-0.2, 0) is 9.53 Å². The molecule has 1 unspecified atom stereocenters. The van der Waals surface area contributed by atoms with Crippen LogP contribution in [-0.4, -0.2) is 23.5 Å². The maximum atomic E-state index is 12.0. The van der Waals surface area contributed by atoms with Crippen LogP contribution in [0.3, 0.4) is 0 Å². The van der Waals surface area contributed by atoms with E-state index >= 15 is 0 Å². The first-order valence-electron chi connectivity index (χ1n) is 6.08. The molecule has 0 bridgehead atoms. The Labute approximate surface area is 132 Å². The van der Waals surface area contributed by atoms with Crippen molar-refractivity contribution in [3.05, 3.63) is 33.3 Å². The molecule has 0 saturated carbocycles. The summed E-state index contributed by atoms with van der Waals surface area (Å²) in [5.41, 5.74) is -0.165. The van der Waals surface area contributed by atoms with Crippen molar-refractivity contribution in [2.24, 2.45) is 0 Å². The van der Waals surface area contributed by atoms with Crippen molar-refractivity contribution >= 4 is 39.4 Å². The SMILES string of the molecule is CC(OC(=O)c1cc(Br)ccc1Cl)C(=O)NC(C)(C)C. The summed E-state index contributed by atoms with van der Waals surface area (Å²) in [6.45, 7) is 7.07. The van der Waals surface area contributed by atoms with E-state index in [2.05, 4.69) is 21.2 Å². The van der Waals surface area contributed by atoms with E-state index in [-0.39, 0.29) is 22.0 Å². The Morgan fingerprint density at radius 3 is 2.50 bits per heavy atom. The molecule has 110 valence electrons. The lowest BCUT2D eigenvalue weighted by Gasteiger charge is -2.23. The molecule has 0 saturated heterocycles. The van der Waals surface area contributed by atoms with Crippen LogP contribution in [0.15, 0.2) is 22.7 Å². The average Bonchev–Trinajstić information content (AvgIpc) is 2.29. The monoisotopic (exact) mass is 361 g/mol. The highest BCUT2D eigenvalue weighted by atomic mass is 79.9. The van der Waals surface area contributed by atoms with Gasteiger partial charge in [0.2, 0.25) is 0 Å². The maximum Gasteiger partial charge on any atom is 0.340 e. The van der Waals surface area contributed by atoms with E-state index in [1.807, 2.05) is 20.8 Å². The fraction of sp³-hybridized carbons (Fsp3) is 0.429. The molecule has 1 N–H and O–H groups in total. The van der Waals surface area contributed by atoms with Crippen LogP contribution in [0.4, 0.5) is 0 Å². The molecule has 1 aromatic carbocycles. The van der Waals surface area contributed by atoms with Crippen molar-refractivity contribution in [2.45, 2.75) is 39.3 Å². The fourth-order valence-electron chi connectivity index (χ4n) is 1.40. The quantitative estimate of drug-likeness (QED) is 0.836. The summed E-state index contributed by atoms with van der Waals surface area (Å²) < 4.78 is 5.83. The van der Waals surface area contributed by atoms with Gasteiger partial charge in [-0.15, -0.1) is 0 Å². The second-order valence-corrected chi connectivity index (χ2v) is 6.73. The number of carbonyl (C=O) groups excluding carboxylic acids is 2. The number of hydrogen-bond acceptors (Lipinski definition) is 3. The summed E-state index contributed by atoms with van der Waals surface area (Å²) in [5, 5.41) is 3.02. The van der Waals surface area contributed by atoms with Gasteiger partial charge in [-0.2, -0.15) is 0 Å². The molecule has 1 atom stereocenters. The lowest BCUT2D eigenvalue weighted by atomic mass is 10.1. The number of carbonyl (C=O) groups is 2. The summed E-state index contributed by atoms with van der Waals surface area (Å²) in [7, 11) is 0. The number of amides is 1. The molecule has 0 fully saturated rings. The van der Waals surface area contributed by atoms with Crippen LogP contribution in [0.1, 0.15) is 38.1 Å². The summed E-state index contributed by atoms with van der Waals surface area (Å²) >= 11 is 9.19. The van der Waals surface area contributed by atoms with Crippen LogP contribution in [0.2, 0.25) is 5.02 Å². The molecule has 1 aromatic rings. The first-order valence-corrected chi connectivity index (χ1v) is 7.25. The van der Waals surface area contributed by atoms with E-state index < -0.39 is 12.1 Å². The van der Waals surface area contributed by atoms with Crippen LogP contribution in [0.25, 0.3) is 0 Å². The Balaban J connectivity index is 2.75. The molecule has 1 rings (SSSR count). The highest BCUT2D eigenvalue weighted by Crippen LogP contribution is 2.22. The van der Waals surface area contributed by atoms with Gasteiger partial charge in [0.05, 0.1) is 10.6 Å². The number of nitrogens with one attached hydrogen (secondary N) is 1. The zero-order valence-electron chi connectivity index (χ0n) is 11.8. The smallest absolute Gasteiger partial charge is 0.340 e. The molecular weight excluding hydrogens is 346 g/mol. The molecule has 0 heterocycles. The van der Waals surface area contributed by atoms with Gasteiger partial charge in [-0.25, -0.2) is 4.79 Å². The van der Waals surface area contributed by atoms with E-state index in [4.69, 9.17) is 16.3 Å². The van der Waals surface area contributed by atoms with Gasteiger partial charge in [-0.1, -0.05) is 27.5 Å². The molecule has 0 aromatic heterocycles. The Bertz CT molecular complexity index is 526. The molecule has 0 aliphatic heterocycles. The second kappa shape index (κ2) is 6.59. The van der Waals surface area contributed by atoms with Crippen LogP contribution >= 0.6 is 27.5 Å². The molecule has 0 aliphatic rings. The highest BCUT2D eigenvalue weighted by Gasteiger charge is 2.23. The van der Waals surface area contributed by atoms with Gasteiger partial charge in [0.1, 0.15) is 0 Å². The van der Waals surface area contributed by atoms with Crippen molar-refractivity contribution in [3.8, 4) is 0 Å². The van der Waals surface area contributed by atoms with Gasteiger partial charge in [0, 0.05) is 10.0 Å². The number of esters is 1. The van der Waals surface area contributed by atoms with Crippen molar-refractivity contribution in [2.75, 3.05) is 0 Å². The normalized spacial score (nSPS) is 12.7. The number of halogens is 2. The standard InChI is InChI=1S/C14H17BrClNO3/c1-8(12(18)17-14(2,3)4)20-13(19)10-7-9(15)5-6-11(10)16/h5-8H,1-4H3,(H,17,18). The fourth-order valence-corrected chi connectivity index (χ4v) is 1.96. The van der Waals surface area contributed by atoms with Crippen molar-refractivity contribution in [3.63, 3.8) is 0 Å². The van der Waals surface area contributed by atoms with Crippen molar-refractivity contribution < 1.29 is 14.3 Å². The van der Waals surface area contributed by atoms with Crippen molar-refractivity contribution in [1.29, 1.82) is 0 Å². The zero-order chi connectivity index (χ0) is 15.5. The summed E-state index contributed by atoms with van der Waals surface area (Å²) in [5.74, 6) is -0.982. The largest absolute Gasteiger partial charge is 0.449 e. The molecule has 0 radical (unpaired) electrons. The van der Waals surface area contributed by atoms with E-state index in [1.165, 1.54) is 6.92 Å². The third-order valence-corrected chi connectivity index (χ3v) is 3.12.